The number of unbranched alkanes of at least 4 members (excludes halogenated alkanes) is 4. The van der Waals surface area contributed by atoms with Crippen LogP contribution in [0.15, 0.2) is 35.3 Å². The molecule has 0 N–H and O–H groups in total. The van der Waals surface area contributed by atoms with Gasteiger partial charge in [-0.2, -0.15) is 0 Å². The van der Waals surface area contributed by atoms with Crippen molar-refractivity contribution in [1.29, 1.82) is 0 Å². The Hall–Kier alpha value is -1.31. The van der Waals surface area contributed by atoms with Crippen LogP contribution in [0.2, 0.25) is 0 Å². The lowest BCUT2D eigenvalue weighted by atomic mass is 10.1. The van der Waals surface area contributed by atoms with Crippen LogP contribution in [0.5, 0.6) is 0 Å². The topological polar surface area (TPSA) is 22.0 Å². The maximum absolute atomic E-state index is 11.3. The summed E-state index contributed by atoms with van der Waals surface area (Å²) in [7, 11) is 0. The van der Waals surface area contributed by atoms with E-state index in [9.17, 15) is 4.79 Å². The molecule has 0 saturated carbocycles. The normalized spacial score (nSPS) is 11.0. The zero-order valence-corrected chi connectivity index (χ0v) is 9.36. The molecule has 0 aliphatic heterocycles. The molecule has 1 aromatic rings. The number of nitrogens with zero attached hydrogens (tertiary/aromatic N) is 1. The van der Waals surface area contributed by atoms with Gasteiger partial charge in [0.2, 0.25) is 0 Å². The van der Waals surface area contributed by atoms with Gasteiger partial charge in [0.25, 0.3) is 5.56 Å². The number of aromatic nitrogens is 1. The number of hydrogen-bond acceptors (Lipinski definition) is 1. The monoisotopic (exact) mass is 205 g/mol. The third-order valence-corrected chi connectivity index (χ3v) is 2.34. The van der Waals surface area contributed by atoms with Crippen molar-refractivity contribution in [2.45, 2.75) is 39.0 Å². The van der Waals surface area contributed by atoms with Gasteiger partial charge >= 0.3 is 0 Å². The number of pyridine rings is 1. The molecule has 1 heterocycles. The van der Waals surface area contributed by atoms with Gasteiger partial charge in [0, 0.05) is 18.5 Å². The number of hydrogen-bond donors (Lipinski definition) is 0. The molecular formula is C13H19NO. The molecule has 0 aliphatic rings. The fourth-order valence-electron chi connectivity index (χ4n) is 1.44. The van der Waals surface area contributed by atoms with Gasteiger partial charge in [-0.25, -0.2) is 0 Å². The Morgan fingerprint density at radius 3 is 2.87 bits per heavy atom. The first kappa shape index (κ1) is 11.8. The molecule has 0 spiro atoms. The summed E-state index contributed by atoms with van der Waals surface area (Å²) in [6.07, 6.45) is 11.8. The third-order valence-electron chi connectivity index (χ3n) is 2.34. The first-order valence-electron chi connectivity index (χ1n) is 5.68. The van der Waals surface area contributed by atoms with Crippen LogP contribution in [0.3, 0.4) is 0 Å². The summed E-state index contributed by atoms with van der Waals surface area (Å²) in [5.74, 6) is 0. The lowest BCUT2D eigenvalue weighted by Gasteiger charge is -1.97. The molecule has 15 heavy (non-hydrogen) atoms. The molecular weight excluding hydrogens is 186 g/mol. The highest BCUT2D eigenvalue weighted by Gasteiger charge is 1.87. The van der Waals surface area contributed by atoms with Gasteiger partial charge in [0.05, 0.1) is 0 Å². The van der Waals surface area contributed by atoms with E-state index < -0.39 is 0 Å². The van der Waals surface area contributed by atoms with Crippen LogP contribution in [0, 0.1) is 0 Å². The van der Waals surface area contributed by atoms with E-state index in [1.807, 2.05) is 12.3 Å². The fourth-order valence-corrected chi connectivity index (χ4v) is 1.44. The van der Waals surface area contributed by atoms with Crippen LogP contribution in [0.1, 0.15) is 39.0 Å². The molecule has 0 fully saturated rings. The standard InChI is InChI=1S/C13H19NO/c1-2-3-4-5-6-8-11-14-12-9-7-10-13(14)15/h7-12H,2-6H2,1H3/b11-8+. The fraction of sp³-hybridized carbons (Fsp3) is 0.462. The molecule has 0 radical (unpaired) electrons. The van der Waals surface area contributed by atoms with Crippen LogP contribution in [-0.4, -0.2) is 4.57 Å². The highest BCUT2D eigenvalue weighted by atomic mass is 16.1. The van der Waals surface area contributed by atoms with E-state index in [-0.39, 0.29) is 5.56 Å². The molecule has 0 unspecified atom stereocenters. The van der Waals surface area contributed by atoms with Crippen molar-refractivity contribution >= 4 is 6.20 Å². The summed E-state index contributed by atoms with van der Waals surface area (Å²) < 4.78 is 1.61. The zero-order chi connectivity index (χ0) is 10.9. The minimum absolute atomic E-state index is 0.0299. The average molecular weight is 205 g/mol. The quantitative estimate of drug-likeness (QED) is 0.653. The van der Waals surface area contributed by atoms with Crippen LogP contribution < -0.4 is 5.56 Å². The van der Waals surface area contributed by atoms with Crippen molar-refractivity contribution in [2.75, 3.05) is 0 Å². The summed E-state index contributed by atoms with van der Waals surface area (Å²) in [6, 6.07) is 5.19. The van der Waals surface area contributed by atoms with E-state index in [1.54, 1.807) is 22.9 Å². The first-order valence-corrected chi connectivity index (χ1v) is 5.68. The van der Waals surface area contributed by atoms with E-state index in [4.69, 9.17) is 0 Å². The Kier molecular flexibility index (Phi) is 5.52. The molecule has 0 saturated heterocycles. The van der Waals surface area contributed by atoms with Crippen molar-refractivity contribution in [2.24, 2.45) is 0 Å². The highest BCUT2D eigenvalue weighted by Crippen LogP contribution is 2.02. The smallest absolute Gasteiger partial charge is 0.254 e. The van der Waals surface area contributed by atoms with Crippen LogP contribution in [0.25, 0.3) is 6.20 Å². The molecule has 1 aromatic heterocycles. The van der Waals surface area contributed by atoms with Crippen LogP contribution in [-0.2, 0) is 0 Å². The molecule has 0 atom stereocenters. The van der Waals surface area contributed by atoms with Crippen molar-refractivity contribution in [3.63, 3.8) is 0 Å². The van der Waals surface area contributed by atoms with E-state index >= 15 is 0 Å². The second kappa shape index (κ2) is 7.04. The van der Waals surface area contributed by atoms with E-state index in [1.165, 1.54) is 25.7 Å². The zero-order valence-electron chi connectivity index (χ0n) is 9.36. The predicted molar refractivity (Wildman–Crippen MR) is 64.8 cm³/mol. The predicted octanol–water partition coefficient (Wildman–Crippen LogP) is 3.29. The van der Waals surface area contributed by atoms with Gasteiger partial charge in [0.1, 0.15) is 0 Å². The van der Waals surface area contributed by atoms with E-state index in [0.717, 1.165) is 6.42 Å². The number of allylic oxidation sites excluding steroid dienone is 1. The first-order chi connectivity index (χ1) is 7.34. The summed E-state index contributed by atoms with van der Waals surface area (Å²) in [6.45, 7) is 2.21. The molecule has 0 aromatic carbocycles. The second-order valence-corrected chi connectivity index (χ2v) is 3.68. The molecule has 2 nitrogen and oxygen atoms in total. The molecule has 0 aliphatic carbocycles. The third kappa shape index (κ3) is 4.63. The molecule has 1 rings (SSSR count). The molecule has 0 bridgehead atoms. The Balaban J connectivity index is 2.32. The maximum atomic E-state index is 11.3. The van der Waals surface area contributed by atoms with E-state index in [2.05, 4.69) is 13.0 Å². The summed E-state index contributed by atoms with van der Waals surface area (Å²) in [5.41, 5.74) is 0.0299. The van der Waals surface area contributed by atoms with Gasteiger partial charge in [-0.05, 0) is 18.9 Å². The van der Waals surface area contributed by atoms with Gasteiger partial charge in [0.15, 0.2) is 0 Å². The van der Waals surface area contributed by atoms with Crippen molar-refractivity contribution in [1.82, 2.24) is 4.57 Å². The Morgan fingerprint density at radius 2 is 2.13 bits per heavy atom. The Morgan fingerprint density at radius 1 is 1.27 bits per heavy atom. The van der Waals surface area contributed by atoms with Crippen molar-refractivity contribution < 1.29 is 0 Å². The van der Waals surface area contributed by atoms with Crippen molar-refractivity contribution in [3.05, 3.63) is 40.8 Å². The highest BCUT2D eigenvalue weighted by molar-refractivity contribution is 5.22. The van der Waals surface area contributed by atoms with Gasteiger partial charge in [-0.3, -0.25) is 9.36 Å². The summed E-state index contributed by atoms with van der Waals surface area (Å²) >= 11 is 0. The second-order valence-electron chi connectivity index (χ2n) is 3.68. The van der Waals surface area contributed by atoms with Crippen LogP contribution >= 0.6 is 0 Å². The molecule has 82 valence electrons. The van der Waals surface area contributed by atoms with E-state index in [0.29, 0.717) is 0 Å². The Bertz CT molecular complexity index is 352. The van der Waals surface area contributed by atoms with Crippen LogP contribution in [0.4, 0.5) is 0 Å². The lowest BCUT2D eigenvalue weighted by Crippen LogP contribution is -2.11. The van der Waals surface area contributed by atoms with Crippen molar-refractivity contribution in [3.8, 4) is 0 Å². The molecule has 0 amide bonds. The lowest BCUT2D eigenvalue weighted by molar-refractivity contribution is 0.674. The van der Waals surface area contributed by atoms with Gasteiger partial charge in [-0.1, -0.05) is 38.3 Å². The summed E-state index contributed by atoms with van der Waals surface area (Å²) in [4.78, 5) is 11.3. The minimum Gasteiger partial charge on any atom is -0.291 e. The number of rotatable bonds is 6. The summed E-state index contributed by atoms with van der Waals surface area (Å²) in [5, 5.41) is 0. The minimum atomic E-state index is 0.0299. The van der Waals surface area contributed by atoms with Gasteiger partial charge < -0.3 is 0 Å². The largest absolute Gasteiger partial charge is 0.291 e. The average Bonchev–Trinajstić information content (AvgIpc) is 2.25. The van der Waals surface area contributed by atoms with Gasteiger partial charge in [-0.15, -0.1) is 0 Å². The molecule has 2 heteroatoms. The maximum Gasteiger partial charge on any atom is 0.254 e. The Labute approximate surface area is 91.3 Å². The SMILES string of the molecule is CCCCCC/C=C/n1ccccc1=O.